The minimum Gasteiger partial charge on any atom is -0.416 e. The first-order chi connectivity index (χ1) is 14.0. The molecule has 0 heterocycles. The lowest BCUT2D eigenvalue weighted by molar-refractivity contribution is -0.137. The summed E-state index contributed by atoms with van der Waals surface area (Å²) >= 11 is 0.811. The highest BCUT2D eigenvalue weighted by molar-refractivity contribution is 8.13. The van der Waals surface area contributed by atoms with E-state index in [1.54, 1.807) is 19.1 Å². The first kappa shape index (κ1) is 23.6. The molecular weight excluding hydrogens is 411 g/mol. The monoisotopic (exact) mass is 433 g/mol. The summed E-state index contributed by atoms with van der Waals surface area (Å²) < 4.78 is 46.1. The van der Waals surface area contributed by atoms with E-state index in [1.807, 2.05) is 39.0 Å². The van der Waals surface area contributed by atoms with E-state index in [1.165, 1.54) is 18.2 Å². The second-order valence-electron chi connectivity index (χ2n) is 7.47. The van der Waals surface area contributed by atoms with Gasteiger partial charge >= 0.3 is 11.5 Å². The quantitative estimate of drug-likeness (QED) is 0.220. The van der Waals surface area contributed by atoms with Gasteiger partial charge in [0.1, 0.15) is 11.6 Å². The Balaban J connectivity index is 2.73. The number of nitrogens with zero attached hydrogens (tertiary/aromatic N) is 1. The molecule has 0 aliphatic rings. The smallest absolute Gasteiger partial charge is 0.416 e. The molecule has 0 fully saturated rings. The van der Waals surface area contributed by atoms with Crippen molar-refractivity contribution in [3.05, 3.63) is 70.8 Å². The maximum atomic E-state index is 13.6. The summed E-state index contributed by atoms with van der Waals surface area (Å²) in [6, 6.07) is 13.6. The molecule has 3 nitrogen and oxygen atoms in total. The van der Waals surface area contributed by atoms with Crippen LogP contribution in [-0.2, 0) is 16.3 Å². The number of halogens is 3. The second kappa shape index (κ2) is 9.40. The topological polar surface area (TPSA) is 50.1 Å². The Labute approximate surface area is 178 Å². The molecule has 2 aromatic carbocycles. The van der Waals surface area contributed by atoms with E-state index < -0.39 is 22.8 Å². The van der Waals surface area contributed by atoms with Crippen molar-refractivity contribution in [2.45, 2.75) is 39.3 Å². The predicted molar refractivity (Wildman–Crippen MR) is 114 cm³/mol. The van der Waals surface area contributed by atoms with Crippen LogP contribution in [-0.4, -0.2) is 11.1 Å². The van der Waals surface area contributed by atoms with Gasteiger partial charge in [0.25, 0.3) is 0 Å². The Morgan fingerprint density at radius 1 is 1.07 bits per heavy atom. The number of carbonyl (C=O) groups excluding carboxylic acids is 1. The highest BCUT2D eigenvalue weighted by atomic mass is 32.2. The average Bonchev–Trinajstić information content (AvgIpc) is 2.67. The summed E-state index contributed by atoms with van der Waals surface area (Å²) in [5, 5.41) is 9.02. The molecule has 2 aromatic rings. The number of alkyl halides is 3. The fourth-order valence-corrected chi connectivity index (χ4v) is 3.16. The Kier molecular flexibility index (Phi) is 7.38. The zero-order valence-corrected chi connectivity index (χ0v) is 17.9. The lowest BCUT2D eigenvalue weighted by atomic mass is 9.86. The molecule has 0 spiro atoms. The second-order valence-corrected chi connectivity index (χ2v) is 8.67. The van der Waals surface area contributed by atoms with Crippen molar-refractivity contribution in [2.75, 3.05) is 5.75 Å². The SMILES string of the molecule is CCSC(=O)OC(=C(C#N)c1ccc(C(C)(C)C)cc1)c1ccccc1C(F)(F)F. The van der Waals surface area contributed by atoms with Crippen LogP contribution in [0.4, 0.5) is 18.0 Å². The Hall–Kier alpha value is -2.72. The molecule has 158 valence electrons. The Bertz CT molecular complexity index is 981. The van der Waals surface area contributed by atoms with Crippen LogP contribution in [0.5, 0.6) is 0 Å². The number of benzene rings is 2. The minimum absolute atomic E-state index is 0.134. The molecule has 7 heteroatoms. The van der Waals surface area contributed by atoms with Crippen LogP contribution in [0.15, 0.2) is 48.5 Å². The minimum atomic E-state index is -4.68. The summed E-state index contributed by atoms with van der Waals surface area (Å²) in [4.78, 5) is 12.1. The standard InChI is InChI=1S/C23H22F3NO2S/c1-5-30-21(28)29-20(17-8-6-7-9-19(17)23(24,25)26)18(14-27)15-10-12-16(13-11-15)22(2,3)4/h6-13H,5H2,1-4H3. The maximum Gasteiger partial charge on any atom is 0.417 e. The third kappa shape index (κ3) is 5.67. The number of carbonyl (C=O) groups is 1. The predicted octanol–water partition coefficient (Wildman–Crippen LogP) is 7.28. The van der Waals surface area contributed by atoms with Crippen molar-refractivity contribution in [1.29, 1.82) is 5.26 Å². The van der Waals surface area contributed by atoms with Gasteiger partial charge in [-0.05, 0) is 34.4 Å². The molecule has 0 unspecified atom stereocenters. The van der Waals surface area contributed by atoms with Crippen LogP contribution < -0.4 is 0 Å². The summed E-state index contributed by atoms with van der Waals surface area (Å²) in [6.45, 7) is 7.79. The molecular formula is C23H22F3NO2S. The number of thioether (sulfide) groups is 1. The number of hydrogen-bond acceptors (Lipinski definition) is 4. The number of allylic oxidation sites excluding steroid dienone is 1. The van der Waals surface area contributed by atoms with Gasteiger partial charge < -0.3 is 4.74 Å². The third-order valence-electron chi connectivity index (χ3n) is 4.30. The van der Waals surface area contributed by atoms with Gasteiger partial charge in [0.05, 0.1) is 5.56 Å². The van der Waals surface area contributed by atoms with Crippen molar-refractivity contribution in [3.8, 4) is 6.07 Å². The van der Waals surface area contributed by atoms with E-state index in [4.69, 9.17) is 4.74 Å². The molecule has 0 aliphatic heterocycles. The molecule has 30 heavy (non-hydrogen) atoms. The summed E-state index contributed by atoms with van der Waals surface area (Å²) in [5.74, 6) is -0.0188. The summed E-state index contributed by atoms with van der Waals surface area (Å²) in [6.07, 6.45) is -4.68. The molecule has 0 N–H and O–H groups in total. The lowest BCUT2D eigenvalue weighted by Gasteiger charge is -2.20. The Morgan fingerprint density at radius 2 is 1.67 bits per heavy atom. The summed E-state index contributed by atoms with van der Waals surface area (Å²) in [7, 11) is 0. The molecule has 0 saturated heterocycles. The Morgan fingerprint density at radius 3 is 2.17 bits per heavy atom. The highest BCUT2D eigenvalue weighted by Gasteiger charge is 2.35. The first-order valence-corrected chi connectivity index (χ1v) is 10.2. The first-order valence-electron chi connectivity index (χ1n) is 9.25. The van der Waals surface area contributed by atoms with Crippen LogP contribution in [0.1, 0.15) is 49.9 Å². The molecule has 0 aliphatic carbocycles. The number of nitriles is 1. The van der Waals surface area contributed by atoms with Gasteiger partial charge in [-0.1, -0.05) is 70.2 Å². The number of rotatable bonds is 4. The van der Waals surface area contributed by atoms with E-state index in [0.717, 1.165) is 23.4 Å². The average molecular weight is 433 g/mol. The molecule has 0 amide bonds. The van der Waals surface area contributed by atoms with E-state index in [9.17, 15) is 23.2 Å². The van der Waals surface area contributed by atoms with Gasteiger partial charge in [0.15, 0.2) is 5.76 Å². The molecule has 0 aromatic heterocycles. The number of ether oxygens (including phenoxy) is 1. The lowest BCUT2D eigenvalue weighted by Crippen LogP contribution is -2.12. The molecule has 0 saturated carbocycles. The van der Waals surface area contributed by atoms with Gasteiger partial charge in [-0.15, -0.1) is 0 Å². The van der Waals surface area contributed by atoms with Crippen LogP contribution in [0.25, 0.3) is 11.3 Å². The molecule has 0 bridgehead atoms. The number of hydrogen-bond donors (Lipinski definition) is 0. The van der Waals surface area contributed by atoms with Crippen LogP contribution in [0, 0.1) is 11.3 Å². The van der Waals surface area contributed by atoms with Crippen LogP contribution in [0.2, 0.25) is 0 Å². The summed E-state index contributed by atoms with van der Waals surface area (Å²) in [5.41, 5.74) is -0.242. The van der Waals surface area contributed by atoms with Crippen molar-refractivity contribution in [2.24, 2.45) is 0 Å². The molecule has 0 radical (unpaired) electrons. The molecule has 2 rings (SSSR count). The fourth-order valence-electron chi connectivity index (χ4n) is 2.78. The third-order valence-corrected chi connectivity index (χ3v) is 4.91. The largest absolute Gasteiger partial charge is 0.417 e. The van der Waals surface area contributed by atoms with Gasteiger partial charge in [-0.2, -0.15) is 18.4 Å². The van der Waals surface area contributed by atoms with Crippen LogP contribution >= 0.6 is 11.8 Å². The van der Waals surface area contributed by atoms with Crippen molar-refractivity contribution in [1.82, 2.24) is 0 Å². The maximum absolute atomic E-state index is 13.6. The van der Waals surface area contributed by atoms with Crippen molar-refractivity contribution in [3.63, 3.8) is 0 Å². The zero-order chi connectivity index (χ0) is 22.5. The van der Waals surface area contributed by atoms with Gasteiger partial charge in [0.2, 0.25) is 0 Å². The van der Waals surface area contributed by atoms with Gasteiger partial charge in [0, 0.05) is 11.3 Å². The van der Waals surface area contributed by atoms with E-state index in [0.29, 0.717) is 11.3 Å². The van der Waals surface area contributed by atoms with E-state index in [-0.39, 0.29) is 16.6 Å². The molecule has 0 atom stereocenters. The van der Waals surface area contributed by atoms with Gasteiger partial charge in [-0.25, -0.2) is 4.79 Å². The van der Waals surface area contributed by atoms with Crippen LogP contribution in [0.3, 0.4) is 0 Å². The fraction of sp³-hybridized carbons (Fsp3) is 0.304. The van der Waals surface area contributed by atoms with E-state index in [2.05, 4.69) is 0 Å². The van der Waals surface area contributed by atoms with Gasteiger partial charge in [-0.3, -0.25) is 0 Å². The van der Waals surface area contributed by atoms with E-state index >= 15 is 0 Å². The zero-order valence-electron chi connectivity index (χ0n) is 17.1. The van der Waals surface area contributed by atoms with Crippen molar-refractivity contribution >= 4 is 28.4 Å². The highest BCUT2D eigenvalue weighted by Crippen LogP contribution is 2.38. The normalized spacial score (nSPS) is 12.7. The van der Waals surface area contributed by atoms with Crippen molar-refractivity contribution < 1.29 is 22.7 Å².